The maximum absolute atomic E-state index is 12.8. The molecule has 0 radical (unpaired) electrons. The fourth-order valence-corrected chi connectivity index (χ4v) is 3.78. The maximum Gasteiger partial charge on any atom is 0.255 e. The molecule has 1 heterocycles. The summed E-state index contributed by atoms with van der Waals surface area (Å²) in [5, 5.41) is 2.83. The molecule has 176 valence electrons. The Bertz CT molecular complexity index is 1260. The van der Waals surface area contributed by atoms with E-state index in [2.05, 4.69) is 22.4 Å². The van der Waals surface area contributed by atoms with Gasteiger partial charge in [0.15, 0.2) is 0 Å². The predicted molar refractivity (Wildman–Crippen MR) is 139 cm³/mol. The zero-order chi connectivity index (χ0) is 24.6. The Morgan fingerprint density at radius 3 is 2.14 bits per heavy atom. The van der Waals surface area contributed by atoms with Gasteiger partial charge in [0.05, 0.1) is 6.42 Å². The first-order chi connectivity index (χ1) is 17.0. The molecule has 0 fully saturated rings. The quantitative estimate of drug-likeness (QED) is 0.396. The van der Waals surface area contributed by atoms with Crippen molar-refractivity contribution in [2.45, 2.75) is 12.5 Å². The monoisotopic (exact) mass is 464 g/mol. The van der Waals surface area contributed by atoms with Crippen LogP contribution in [0.15, 0.2) is 103 Å². The predicted octanol–water partition coefficient (Wildman–Crippen LogP) is 4.70. The number of anilines is 1. The van der Waals surface area contributed by atoms with E-state index >= 15 is 0 Å². The highest BCUT2D eigenvalue weighted by Crippen LogP contribution is 2.20. The molecule has 0 spiro atoms. The molecule has 4 rings (SSSR count). The fraction of sp³-hybridized carbons (Fsp3) is 0.138. The minimum absolute atomic E-state index is 0.00117. The molecule has 3 aromatic carbocycles. The lowest BCUT2D eigenvalue weighted by molar-refractivity contribution is -0.129. The van der Waals surface area contributed by atoms with Gasteiger partial charge in [-0.05, 0) is 46.5 Å². The Labute approximate surface area is 205 Å². The molecule has 0 saturated heterocycles. The summed E-state index contributed by atoms with van der Waals surface area (Å²) < 4.78 is 0. The summed E-state index contributed by atoms with van der Waals surface area (Å²) in [6, 6.07) is 28.4. The number of carbonyl (C=O) groups is 2. The highest BCUT2D eigenvalue weighted by molar-refractivity contribution is 6.04. The SMILES string of the molecule is CN(CC(N)c1ccc(C(=O)Nc2ccncc2)cc1)C(=O)Cc1ccc(-c2ccccc2)cc1. The van der Waals surface area contributed by atoms with Crippen LogP contribution in [-0.2, 0) is 11.2 Å². The van der Waals surface area contributed by atoms with Crippen molar-refractivity contribution in [1.82, 2.24) is 9.88 Å². The van der Waals surface area contributed by atoms with Crippen molar-refractivity contribution in [1.29, 1.82) is 0 Å². The summed E-state index contributed by atoms with van der Waals surface area (Å²) in [5.74, 6) is -0.205. The third-order valence-electron chi connectivity index (χ3n) is 5.85. The van der Waals surface area contributed by atoms with Crippen LogP contribution in [0.25, 0.3) is 11.1 Å². The highest BCUT2D eigenvalue weighted by Gasteiger charge is 2.16. The molecule has 0 aliphatic carbocycles. The Morgan fingerprint density at radius 1 is 0.857 bits per heavy atom. The van der Waals surface area contributed by atoms with Crippen LogP contribution in [0.2, 0.25) is 0 Å². The number of aromatic nitrogens is 1. The second-order valence-corrected chi connectivity index (χ2v) is 8.43. The molecule has 0 aliphatic rings. The van der Waals surface area contributed by atoms with Crippen molar-refractivity contribution < 1.29 is 9.59 Å². The van der Waals surface area contributed by atoms with E-state index in [4.69, 9.17) is 5.73 Å². The van der Waals surface area contributed by atoms with Crippen LogP contribution < -0.4 is 11.1 Å². The summed E-state index contributed by atoms with van der Waals surface area (Å²) in [6.07, 6.45) is 3.55. The van der Waals surface area contributed by atoms with Crippen LogP contribution in [0.1, 0.15) is 27.5 Å². The molecule has 0 aliphatic heterocycles. The average molecular weight is 465 g/mol. The minimum atomic E-state index is -0.360. The van der Waals surface area contributed by atoms with Gasteiger partial charge < -0.3 is 16.0 Å². The lowest BCUT2D eigenvalue weighted by Gasteiger charge is -2.22. The van der Waals surface area contributed by atoms with Crippen molar-refractivity contribution in [3.05, 3.63) is 120 Å². The second kappa shape index (κ2) is 11.2. The van der Waals surface area contributed by atoms with E-state index in [1.54, 1.807) is 48.6 Å². The number of benzene rings is 3. The van der Waals surface area contributed by atoms with Gasteiger partial charge in [-0.2, -0.15) is 0 Å². The molecule has 1 unspecified atom stereocenters. The molecule has 1 atom stereocenters. The fourth-order valence-electron chi connectivity index (χ4n) is 3.78. The highest BCUT2D eigenvalue weighted by atomic mass is 16.2. The van der Waals surface area contributed by atoms with E-state index < -0.39 is 0 Å². The number of pyridine rings is 1. The van der Waals surface area contributed by atoms with Gasteiger partial charge in [-0.1, -0.05) is 66.7 Å². The molecular formula is C29H28N4O2. The van der Waals surface area contributed by atoms with E-state index in [0.29, 0.717) is 24.2 Å². The van der Waals surface area contributed by atoms with Crippen molar-refractivity contribution in [3.8, 4) is 11.1 Å². The Balaban J connectivity index is 1.30. The minimum Gasteiger partial charge on any atom is -0.344 e. The zero-order valence-electron chi connectivity index (χ0n) is 19.6. The van der Waals surface area contributed by atoms with Gasteiger partial charge in [0.2, 0.25) is 5.91 Å². The summed E-state index contributed by atoms with van der Waals surface area (Å²) in [6.45, 7) is 0.378. The van der Waals surface area contributed by atoms with E-state index in [-0.39, 0.29) is 17.9 Å². The molecule has 6 nitrogen and oxygen atoms in total. The number of amides is 2. The largest absolute Gasteiger partial charge is 0.344 e. The number of likely N-dealkylation sites (N-methyl/N-ethyl adjacent to an activating group) is 1. The van der Waals surface area contributed by atoms with E-state index in [1.807, 2.05) is 54.6 Å². The first-order valence-corrected chi connectivity index (χ1v) is 11.4. The molecular weight excluding hydrogens is 436 g/mol. The van der Waals surface area contributed by atoms with E-state index in [9.17, 15) is 9.59 Å². The van der Waals surface area contributed by atoms with Gasteiger partial charge >= 0.3 is 0 Å². The summed E-state index contributed by atoms with van der Waals surface area (Å²) in [7, 11) is 1.76. The van der Waals surface area contributed by atoms with Crippen LogP contribution in [0.5, 0.6) is 0 Å². The summed E-state index contributed by atoms with van der Waals surface area (Å²) in [4.78, 5) is 30.8. The summed E-state index contributed by atoms with van der Waals surface area (Å²) in [5.41, 5.74) is 11.7. The lowest BCUT2D eigenvalue weighted by atomic mass is 10.0. The van der Waals surface area contributed by atoms with Gasteiger partial charge in [-0.15, -0.1) is 0 Å². The third-order valence-corrected chi connectivity index (χ3v) is 5.85. The van der Waals surface area contributed by atoms with E-state index in [1.165, 1.54) is 0 Å². The molecule has 2 amide bonds. The van der Waals surface area contributed by atoms with Gasteiger partial charge in [-0.25, -0.2) is 0 Å². The van der Waals surface area contributed by atoms with Crippen LogP contribution in [0.4, 0.5) is 5.69 Å². The number of nitrogens with one attached hydrogen (secondary N) is 1. The van der Waals surface area contributed by atoms with Gasteiger partial charge in [0, 0.05) is 43.3 Å². The molecule has 1 aromatic heterocycles. The normalized spacial score (nSPS) is 11.5. The van der Waals surface area contributed by atoms with Crippen molar-refractivity contribution >= 4 is 17.5 Å². The van der Waals surface area contributed by atoms with Crippen molar-refractivity contribution in [3.63, 3.8) is 0 Å². The molecule has 6 heteroatoms. The van der Waals surface area contributed by atoms with Gasteiger partial charge in [0.1, 0.15) is 0 Å². The second-order valence-electron chi connectivity index (χ2n) is 8.43. The Morgan fingerprint density at radius 2 is 1.49 bits per heavy atom. The molecule has 0 saturated carbocycles. The Hall–Kier alpha value is -4.29. The average Bonchev–Trinajstić information content (AvgIpc) is 2.90. The summed E-state index contributed by atoms with van der Waals surface area (Å²) >= 11 is 0. The first-order valence-electron chi connectivity index (χ1n) is 11.4. The van der Waals surface area contributed by atoms with Gasteiger partial charge in [0.25, 0.3) is 5.91 Å². The van der Waals surface area contributed by atoms with Crippen molar-refractivity contribution in [2.75, 3.05) is 18.9 Å². The number of carbonyl (C=O) groups excluding carboxylic acids is 2. The molecule has 3 N–H and O–H groups in total. The molecule has 0 bridgehead atoms. The number of hydrogen-bond acceptors (Lipinski definition) is 4. The zero-order valence-corrected chi connectivity index (χ0v) is 19.6. The van der Waals surface area contributed by atoms with Crippen molar-refractivity contribution in [2.24, 2.45) is 5.73 Å². The van der Waals surface area contributed by atoms with Crippen LogP contribution in [0, 0.1) is 0 Å². The molecule has 4 aromatic rings. The van der Waals surface area contributed by atoms with E-state index in [0.717, 1.165) is 22.3 Å². The standard InChI is InChI=1S/C29H28N4O2/c1-33(28(34)19-21-7-9-23(10-8-21)22-5-3-2-4-6-22)20-27(30)24-11-13-25(14-12-24)29(35)32-26-15-17-31-18-16-26/h2-18,27H,19-20,30H2,1H3,(H,31,32,35). The maximum atomic E-state index is 12.8. The molecule has 35 heavy (non-hydrogen) atoms. The number of nitrogens with zero attached hydrogens (tertiary/aromatic N) is 2. The lowest BCUT2D eigenvalue weighted by Crippen LogP contribution is -2.35. The number of nitrogens with two attached hydrogens (primary N) is 1. The van der Waals surface area contributed by atoms with Crippen LogP contribution in [-0.4, -0.2) is 35.3 Å². The van der Waals surface area contributed by atoms with Crippen LogP contribution >= 0.6 is 0 Å². The smallest absolute Gasteiger partial charge is 0.255 e. The van der Waals surface area contributed by atoms with Crippen LogP contribution in [0.3, 0.4) is 0 Å². The number of hydrogen-bond donors (Lipinski definition) is 2. The number of rotatable bonds is 8. The Kier molecular flexibility index (Phi) is 7.65. The van der Waals surface area contributed by atoms with Gasteiger partial charge in [-0.3, -0.25) is 14.6 Å². The third kappa shape index (κ3) is 6.40. The topological polar surface area (TPSA) is 88.3 Å². The first kappa shape index (κ1) is 23.9.